The summed E-state index contributed by atoms with van der Waals surface area (Å²) in [6.07, 6.45) is 33.7. The Hall–Kier alpha value is -0.120. The van der Waals surface area contributed by atoms with Crippen molar-refractivity contribution in [3.8, 4) is 0 Å². The smallest absolute Gasteiger partial charge is 0.0566 e. The summed E-state index contributed by atoms with van der Waals surface area (Å²) in [6.45, 7) is 9.75. The minimum absolute atomic E-state index is 0.153. The van der Waals surface area contributed by atoms with Crippen LogP contribution in [0.25, 0.3) is 0 Å². The standard InChI is InChI=1S/C34H70O3/c1-4-7-9-11-13-15-17-19-21-23-25-27-29-36-32-34(6-3,31-35)33-37-30-28-26-24-22-20-18-16-14-12-10-8-5-2/h35H,4-33H2,1-3H3. The molecular formula is C34H70O3. The van der Waals surface area contributed by atoms with Gasteiger partial charge in [0.15, 0.2) is 0 Å². The third-order valence-electron chi connectivity index (χ3n) is 8.19. The van der Waals surface area contributed by atoms with Crippen LogP contribution in [-0.2, 0) is 9.47 Å². The van der Waals surface area contributed by atoms with Gasteiger partial charge in [0.2, 0.25) is 0 Å². The van der Waals surface area contributed by atoms with Gasteiger partial charge in [-0.2, -0.15) is 0 Å². The molecule has 0 amide bonds. The van der Waals surface area contributed by atoms with Gasteiger partial charge in [0, 0.05) is 18.6 Å². The molecule has 0 bridgehead atoms. The van der Waals surface area contributed by atoms with Crippen LogP contribution in [0.3, 0.4) is 0 Å². The summed E-state index contributed by atoms with van der Waals surface area (Å²) in [7, 11) is 0. The Morgan fingerprint density at radius 2 is 0.676 bits per heavy atom. The largest absolute Gasteiger partial charge is 0.396 e. The van der Waals surface area contributed by atoms with Crippen LogP contribution in [0.1, 0.15) is 181 Å². The first kappa shape index (κ1) is 36.9. The predicted molar refractivity (Wildman–Crippen MR) is 164 cm³/mol. The first-order valence-electron chi connectivity index (χ1n) is 17.0. The fourth-order valence-corrected chi connectivity index (χ4v) is 5.12. The molecule has 0 aromatic rings. The van der Waals surface area contributed by atoms with E-state index in [-0.39, 0.29) is 12.0 Å². The van der Waals surface area contributed by atoms with E-state index in [9.17, 15) is 5.11 Å². The molecule has 0 spiro atoms. The van der Waals surface area contributed by atoms with Gasteiger partial charge in [-0.15, -0.1) is 0 Å². The second-order valence-corrected chi connectivity index (χ2v) is 11.9. The molecule has 0 unspecified atom stereocenters. The van der Waals surface area contributed by atoms with E-state index in [4.69, 9.17) is 9.47 Å². The molecule has 0 fully saturated rings. The molecule has 0 aliphatic rings. The molecule has 0 aromatic heterocycles. The third kappa shape index (κ3) is 25.9. The van der Waals surface area contributed by atoms with E-state index >= 15 is 0 Å². The van der Waals surface area contributed by atoms with Crippen LogP contribution in [0, 0.1) is 5.41 Å². The summed E-state index contributed by atoms with van der Waals surface area (Å²) < 4.78 is 12.0. The van der Waals surface area contributed by atoms with Gasteiger partial charge < -0.3 is 14.6 Å². The molecule has 3 heteroatoms. The van der Waals surface area contributed by atoms with Crippen LogP contribution in [0.5, 0.6) is 0 Å². The van der Waals surface area contributed by atoms with Crippen LogP contribution < -0.4 is 0 Å². The van der Waals surface area contributed by atoms with Crippen LogP contribution in [0.2, 0.25) is 0 Å². The molecule has 0 atom stereocenters. The van der Waals surface area contributed by atoms with E-state index in [2.05, 4.69) is 20.8 Å². The maximum absolute atomic E-state index is 10.0. The molecule has 224 valence electrons. The van der Waals surface area contributed by atoms with Crippen molar-refractivity contribution in [2.45, 2.75) is 181 Å². The normalized spacial score (nSPS) is 12.0. The minimum Gasteiger partial charge on any atom is -0.396 e. The van der Waals surface area contributed by atoms with Gasteiger partial charge in [0.1, 0.15) is 0 Å². The highest BCUT2D eigenvalue weighted by Gasteiger charge is 2.28. The second-order valence-electron chi connectivity index (χ2n) is 11.9. The van der Waals surface area contributed by atoms with Crippen molar-refractivity contribution in [2.24, 2.45) is 5.41 Å². The van der Waals surface area contributed by atoms with Gasteiger partial charge in [0.25, 0.3) is 0 Å². The predicted octanol–water partition coefficient (Wildman–Crippen LogP) is 10.8. The fourth-order valence-electron chi connectivity index (χ4n) is 5.12. The minimum atomic E-state index is -0.228. The molecule has 0 saturated carbocycles. The maximum Gasteiger partial charge on any atom is 0.0566 e. The highest BCUT2D eigenvalue weighted by atomic mass is 16.5. The lowest BCUT2D eigenvalue weighted by molar-refractivity contribution is -0.0541. The Morgan fingerprint density at radius 3 is 0.919 bits per heavy atom. The van der Waals surface area contributed by atoms with Crippen LogP contribution >= 0.6 is 0 Å². The highest BCUT2D eigenvalue weighted by Crippen LogP contribution is 2.23. The van der Waals surface area contributed by atoms with Gasteiger partial charge in [-0.25, -0.2) is 0 Å². The molecule has 1 N–H and O–H groups in total. The summed E-state index contributed by atoms with van der Waals surface area (Å²) in [6, 6.07) is 0. The Bertz CT molecular complexity index is 374. The average Bonchev–Trinajstić information content (AvgIpc) is 2.92. The summed E-state index contributed by atoms with van der Waals surface area (Å²) in [5.74, 6) is 0. The summed E-state index contributed by atoms with van der Waals surface area (Å²) in [5, 5.41) is 10.0. The van der Waals surface area contributed by atoms with Gasteiger partial charge in [-0.3, -0.25) is 0 Å². The van der Waals surface area contributed by atoms with E-state index in [1.807, 2.05) is 0 Å². The number of hydrogen-bond acceptors (Lipinski definition) is 3. The molecule has 3 nitrogen and oxygen atoms in total. The lowest BCUT2D eigenvalue weighted by Crippen LogP contribution is -2.36. The molecule has 0 aliphatic carbocycles. The number of aliphatic hydroxyl groups excluding tert-OH is 1. The molecule has 0 radical (unpaired) electrons. The van der Waals surface area contributed by atoms with Crippen molar-refractivity contribution in [2.75, 3.05) is 33.0 Å². The summed E-state index contributed by atoms with van der Waals surface area (Å²) >= 11 is 0. The van der Waals surface area contributed by atoms with Gasteiger partial charge in [-0.05, 0) is 19.3 Å². The Morgan fingerprint density at radius 1 is 0.405 bits per heavy atom. The van der Waals surface area contributed by atoms with Gasteiger partial charge in [0.05, 0.1) is 19.8 Å². The number of aliphatic hydroxyl groups is 1. The Balaban J connectivity index is 3.54. The Kier molecular flexibility index (Phi) is 30.3. The average molecular weight is 527 g/mol. The molecule has 0 rings (SSSR count). The number of hydrogen-bond donors (Lipinski definition) is 1. The zero-order chi connectivity index (χ0) is 27.1. The second kappa shape index (κ2) is 30.4. The number of unbranched alkanes of at least 4 members (excludes halogenated alkanes) is 22. The van der Waals surface area contributed by atoms with Crippen LogP contribution in [0.15, 0.2) is 0 Å². The van der Waals surface area contributed by atoms with E-state index in [1.54, 1.807) is 0 Å². The van der Waals surface area contributed by atoms with E-state index in [0.717, 1.165) is 32.5 Å². The lowest BCUT2D eigenvalue weighted by atomic mass is 9.88. The van der Waals surface area contributed by atoms with Crippen molar-refractivity contribution in [1.29, 1.82) is 0 Å². The van der Waals surface area contributed by atoms with Crippen LogP contribution in [0.4, 0.5) is 0 Å². The summed E-state index contributed by atoms with van der Waals surface area (Å²) in [5.41, 5.74) is -0.228. The van der Waals surface area contributed by atoms with E-state index in [1.165, 1.54) is 141 Å². The zero-order valence-corrected chi connectivity index (χ0v) is 26.0. The SMILES string of the molecule is CCCCCCCCCCCCCCOCC(CC)(CO)COCCCCCCCCCCCCCC. The van der Waals surface area contributed by atoms with Crippen molar-refractivity contribution >= 4 is 0 Å². The van der Waals surface area contributed by atoms with Crippen molar-refractivity contribution in [3.63, 3.8) is 0 Å². The van der Waals surface area contributed by atoms with Gasteiger partial charge in [-0.1, -0.05) is 162 Å². The number of rotatable bonds is 32. The molecule has 0 saturated heterocycles. The van der Waals surface area contributed by atoms with Crippen molar-refractivity contribution < 1.29 is 14.6 Å². The molecule has 0 aliphatic heterocycles. The van der Waals surface area contributed by atoms with Crippen molar-refractivity contribution in [1.82, 2.24) is 0 Å². The Labute approximate surface area is 234 Å². The summed E-state index contributed by atoms with van der Waals surface area (Å²) in [4.78, 5) is 0. The zero-order valence-electron chi connectivity index (χ0n) is 26.0. The van der Waals surface area contributed by atoms with E-state index in [0.29, 0.717) is 13.2 Å². The maximum atomic E-state index is 10.0. The lowest BCUT2D eigenvalue weighted by Gasteiger charge is -2.30. The molecular weight excluding hydrogens is 456 g/mol. The molecule has 37 heavy (non-hydrogen) atoms. The quantitative estimate of drug-likeness (QED) is 0.0886. The fraction of sp³-hybridized carbons (Fsp3) is 1.00. The van der Waals surface area contributed by atoms with Gasteiger partial charge >= 0.3 is 0 Å². The highest BCUT2D eigenvalue weighted by molar-refractivity contribution is 4.76. The first-order valence-corrected chi connectivity index (χ1v) is 17.0. The third-order valence-corrected chi connectivity index (χ3v) is 8.19. The topological polar surface area (TPSA) is 38.7 Å². The monoisotopic (exact) mass is 527 g/mol. The van der Waals surface area contributed by atoms with E-state index < -0.39 is 0 Å². The molecule has 0 heterocycles. The molecule has 0 aromatic carbocycles. The first-order chi connectivity index (χ1) is 18.2. The van der Waals surface area contributed by atoms with Crippen molar-refractivity contribution in [3.05, 3.63) is 0 Å². The van der Waals surface area contributed by atoms with Crippen LogP contribution in [-0.4, -0.2) is 38.1 Å². The number of ether oxygens (including phenoxy) is 2.